The van der Waals surface area contributed by atoms with Gasteiger partial charge in [0.15, 0.2) is 12.6 Å². The molecule has 0 spiro atoms. The first-order chi connectivity index (χ1) is 18.8. The van der Waals surface area contributed by atoms with E-state index in [-0.39, 0.29) is 18.9 Å². The summed E-state index contributed by atoms with van der Waals surface area (Å²) in [4.78, 5) is 11.7. The number of aliphatic hydroxyl groups excluding tert-OH is 7. The van der Waals surface area contributed by atoms with Gasteiger partial charge in [-0.2, -0.15) is 8.42 Å². The molecule has 2 aliphatic rings. The van der Waals surface area contributed by atoms with Crippen LogP contribution < -0.4 is 5.32 Å². The van der Waals surface area contributed by atoms with Crippen LogP contribution in [0, 0.1) is 0 Å². The Kier molecular flexibility index (Phi) is 14.5. The van der Waals surface area contributed by atoms with E-state index in [4.69, 9.17) is 23.5 Å². The molecule has 2 aliphatic heterocycles. The highest BCUT2D eigenvalue weighted by Crippen LogP contribution is 2.30. The normalized spacial score (nSPS) is 35.8. The van der Waals surface area contributed by atoms with E-state index in [1.165, 1.54) is 0 Å². The van der Waals surface area contributed by atoms with Crippen molar-refractivity contribution >= 4 is 16.0 Å². The summed E-state index contributed by atoms with van der Waals surface area (Å²) in [5.74, 6) is -0.871. The molecule has 17 heteroatoms. The molecule has 2 fully saturated rings. The second-order valence-corrected chi connectivity index (χ2v) is 11.6. The van der Waals surface area contributed by atoms with Crippen LogP contribution in [0.5, 0.6) is 0 Å². The third kappa shape index (κ3) is 10.6. The van der Waals surface area contributed by atoms with E-state index in [0.717, 1.165) is 6.42 Å². The van der Waals surface area contributed by atoms with E-state index in [9.17, 15) is 49.0 Å². The largest absolute Gasteiger partial charge is 0.394 e. The minimum absolute atomic E-state index is 0.167. The van der Waals surface area contributed by atoms with E-state index in [2.05, 4.69) is 5.32 Å². The average molecular weight is 606 g/mol. The molecule has 1 amide bonds. The van der Waals surface area contributed by atoms with Crippen molar-refractivity contribution in [3.63, 3.8) is 0 Å². The SMILES string of the molecule is CC(CCCCCCC(=O)NCCS(=O)(=O)O)OC1OC(CO)C(O)C(O)C1OC1OC(CO)C(O)C(O)C1O. The maximum Gasteiger partial charge on any atom is 0.266 e. The van der Waals surface area contributed by atoms with Crippen LogP contribution in [0.15, 0.2) is 0 Å². The fourth-order valence-electron chi connectivity index (χ4n) is 4.42. The summed E-state index contributed by atoms with van der Waals surface area (Å²) in [6.45, 7) is 0.226. The summed E-state index contributed by atoms with van der Waals surface area (Å²) in [6.07, 6.45) is -12.3. The van der Waals surface area contributed by atoms with Gasteiger partial charge >= 0.3 is 0 Å². The van der Waals surface area contributed by atoms with Gasteiger partial charge in [0.1, 0.15) is 48.8 Å². The maximum absolute atomic E-state index is 11.7. The van der Waals surface area contributed by atoms with Gasteiger partial charge < -0.3 is 60.0 Å². The first kappa shape index (κ1) is 35.1. The number of carbonyl (C=O) groups is 1. The number of nitrogens with one attached hydrogen (secondary N) is 1. The number of unbranched alkanes of at least 4 members (excludes halogenated alkanes) is 3. The highest BCUT2D eigenvalue weighted by atomic mass is 32.2. The molecule has 0 aromatic heterocycles. The summed E-state index contributed by atoms with van der Waals surface area (Å²) < 4.78 is 52.4. The van der Waals surface area contributed by atoms with E-state index in [0.29, 0.717) is 25.7 Å². The van der Waals surface area contributed by atoms with Crippen molar-refractivity contribution in [1.29, 1.82) is 0 Å². The van der Waals surface area contributed by atoms with E-state index >= 15 is 0 Å². The van der Waals surface area contributed by atoms with Crippen molar-refractivity contribution in [2.45, 2.75) is 113 Å². The first-order valence-corrected chi connectivity index (χ1v) is 14.9. The van der Waals surface area contributed by atoms with E-state index < -0.39 is 96.6 Å². The lowest BCUT2D eigenvalue weighted by atomic mass is 9.97. The van der Waals surface area contributed by atoms with Crippen LogP contribution in [0.2, 0.25) is 0 Å². The molecule has 0 aliphatic carbocycles. The van der Waals surface area contributed by atoms with Gasteiger partial charge in [-0.1, -0.05) is 19.3 Å². The second kappa shape index (κ2) is 16.5. The Morgan fingerprint density at radius 2 is 1.43 bits per heavy atom. The molecular formula is C23H43NO15S. The number of amides is 1. The number of ether oxygens (including phenoxy) is 4. The van der Waals surface area contributed by atoms with Gasteiger partial charge in [-0.25, -0.2) is 0 Å². The van der Waals surface area contributed by atoms with Gasteiger partial charge in [0, 0.05) is 13.0 Å². The Morgan fingerprint density at radius 1 is 0.850 bits per heavy atom. The Morgan fingerprint density at radius 3 is 2.02 bits per heavy atom. The molecule has 11 atom stereocenters. The van der Waals surface area contributed by atoms with Gasteiger partial charge in [-0.3, -0.25) is 9.35 Å². The summed E-state index contributed by atoms with van der Waals surface area (Å²) in [6, 6.07) is 0. The molecule has 16 nitrogen and oxygen atoms in total. The van der Waals surface area contributed by atoms with Crippen molar-refractivity contribution in [3.8, 4) is 0 Å². The van der Waals surface area contributed by atoms with Gasteiger partial charge in [-0.05, 0) is 19.8 Å². The van der Waals surface area contributed by atoms with Gasteiger partial charge in [0.2, 0.25) is 5.91 Å². The zero-order valence-electron chi connectivity index (χ0n) is 22.3. The van der Waals surface area contributed by atoms with Crippen LogP contribution in [0.1, 0.15) is 45.4 Å². The molecule has 9 N–H and O–H groups in total. The molecule has 236 valence electrons. The number of rotatable bonds is 16. The Hall–Kier alpha value is -1.06. The number of hydrogen-bond acceptors (Lipinski definition) is 14. The Labute approximate surface area is 232 Å². The van der Waals surface area contributed by atoms with E-state index in [1.54, 1.807) is 6.92 Å². The fraction of sp³-hybridized carbons (Fsp3) is 0.957. The summed E-state index contributed by atoms with van der Waals surface area (Å²) >= 11 is 0. The zero-order valence-corrected chi connectivity index (χ0v) is 23.1. The monoisotopic (exact) mass is 605 g/mol. The van der Waals surface area contributed by atoms with Gasteiger partial charge in [0.05, 0.1) is 25.1 Å². The maximum atomic E-state index is 11.7. The lowest BCUT2D eigenvalue weighted by Crippen LogP contribution is -2.64. The Balaban J connectivity index is 1.85. The van der Waals surface area contributed by atoms with Crippen LogP contribution in [0.4, 0.5) is 0 Å². The van der Waals surface area contributed by atoms with Crippen molar-refractivity contribution in [2.75, 3.05) is 25.5 Å². The smallest absolute Gasteiger partial charge is 0.266 e. The highest BCUT2D eigenvalue weighted by molar-refractivity contribution is 7.85. The van der Waals surface area contributed by atoms with Crippen molar-refractivity contribution in [1.82, 2.24) is 5.32 Å². The topological polar surface area (TPSA) is 262 Å². The summed E-state index contributed by atoms with van der Waals surface area (Å²) in [7, 11) is -4.13. The minimum atomic E-state index is -4.13. The molecule has 2 saturated heterocycles. The predicted molar refractivity (Wildman–Crippen MR) is 134 cm³/mol. The fourth-order valence-corrected chi connectivity index (χ4v) is 4.78. The third-order valence-corrected chi connectivity index (χ3v) is 7.50. The molecule has 0 radical (unpaired) electrons. The number of aliphatic hydroxyl groups is 7. The van der Waals surface area contributed by atoms with Crippen LogP contribution in [0.3, 0.4) is 0 Å². The second-order valence-electron chi connectivity index (χ2n) is 10.0. The zero-order chi connectivity index (χ0) is 30.0. The molecule has 40 heavy (non-hydrogen) atoms. The minimum Gasteiger partial charge on any atom is -0.394 e. The number of carbonyl (C=O) groups excluding carboxylic acids is 1. The predicted octanol–water partition coefficient (Wildman–Crippen LogP) is -3.64. The summed E-state index contributed by atoms with van der Waals surface area (Å²) in [5, 5.41) is 72.7. The van der Waals surface area contributed by atoms with Gasteiger partial charge in [-0.15, -0.1) is 0 Å². The van der Waals surface area contributed by atoms with Crippen LogP contribution in [-0.4, -0.2) is 148 Å². The lowest BCUT2D eigenvalue weighted by Gasteiger charge is -2.46. The molecule has 0 aromatic rings. The molecule has 11 unspecified atom stereocenters. The van der Waals surface area contributed by atoms with Crippen molar-refractivity contribution < 1.29 is 72.5 Å². The first-order valence-electron chi connectivity index (χ1n) is 13.2. The van der Waals surface area contributed by atoms with Crippen LogP contribution in [0.25, 0.3) is 0 Å². The molecular weight excluding hydrogens is 562 g/mol. The van der Waals surface area contributed by atoms with Gasteiger partial charge in [0.25, 0.3) is 10.1 Å². The molecule has 0 saturated carbocycles. The van der Waals surface area contributed by atoms with E-state index in [1.807, 2.05) is 0 Å². The molecule has 2 rings (SSSR count). The third-order valence-electron chi connectivity index (χ3n) is 6.78. The summed E-state index contributed by atoms with van der Waals surface area (Å²) in [5.41, 5.74) is 0. The highest BCUT2D eigenvalue weighted by Gasteiger charge is 2.51. The average Bonchev–Trinajstić information content (AvgIpc) is 2.89. The molecule has 0 aromatic carbocycles. The Bertz CT molecular complexity index is 861. The van der Waals surface area contributed by atoms with Crippen LogP contribution in [-0.2, 0) is 33.9 Å². The quantitative estimate of drug-likeness (QED) is 0.0607. The molecule has 2 heterocycles. The van der Waals surface area contributed by atoms with Crippen molar-refractivity contribution in [2.24, 2.45) is 0 Å². The van der Waals surface area contributed by atoms with Crippen molar-refractivity contribution in [3.05, 3.63) is 0 Å². The standard InChI is InChI=1S/C23H43NO15S/c1-12(6-4-2-3-5-7-15(27)24-8-9-40(33,34)35)36-23-21(19(31)17(29)14(11-26)38-23)39-22-20(32)18(30)16(28)13(10-25)37-22/h12-14,16-23,25-26,28-32H,2-11H2,1H3,(H,24,27)(H,33,34,35). The number of hydrogen-bond donors (Lipinski definition) is 9. The van der Waals surface area contributed by atoms with Crippen LogP contribution >= 0.6 is 0 Å². The molecule has 0 bridgehead atoms. The lowest BCUT2D eigenvalue weighted by molar-refractivity contribution is -0.371.